The molecule has 0 saturated carbocycles. The molecule has 5 nitrogen and oxygen atoms in total. The van der Waals surface area contributed by atoms with E-state index in [1.54, 1.807) is 17.5 Å². The van der Waals surface area contributed by atoms with Crippen molar-refractivity contribution >= 4 is 32.3 Å². The number of pyridine rings is 1. The molecule has 2 aromatic heterocycles. The Hall–Kier alpha value is -1.66. The van der Waals surface area contributed by atoms with Gasteiger partial charge in [0.15, 0.2) is 0 Å². The van der Waals surface area contributed by atoms with Crippen molar-refractivity contribution in [2.45, 2.75) is 18.9 Å². The van der Waals surface area contributed by atoms with Crippen molar-refractivity contribution < 1.29 is 4.79 Å². The molecule has 1 amide bonds. The highest BCUT2D eigenvalue weighted by atomic mass is 32.1. The van der Waals surface area contributed by atoms with Crippen LogP contribution in [-0.2, 0) is 0 Å². The highest BCUT2D eigenvalue weighted by Crippen LogP contribution is 2.30. The average molecular weight is 316 g/mol. The monoisotopic (exact) mass is 316 g/mol. The molecule has 0 aromatic carbocycles. The van der Waals surface area contributed by atoms with Gasteiger partial charge in [-0.1, -0.05) is 0 Å². The number of nitrogens with zero attached hydrogens (tertiary/aromatic N) is 2. The van der Waals surface area contributed by atoms with Crippen LogP contribution < -0.4 is 10.6 Å². The highest BCUT2D eigenvalue weighted by molar-refractivity contribution is 7.22. The van der Waals surface area contributed by atoms with Gasteiger partial charge >= 0.3 is 0 Å². The quantitative estimate of drug-likeness (QED) is 0.911. The number of carbonyl (C=O) groups excluding carboxylic acids is 1. The van der Waals surface area contributed by atoms with Crippen molar-refractivity contribution in [1.29, 1.82) is 0 Å². The van der Waals surface area contributed by atoms with Crippen molar-refractivity contribution in [3.8, 4) is 0 Å². The van der Waals surface area contributed by atoms with E-state index in [9.17, 15) is 4.79 Å². The predicted molar refractivity (Wildman–Crippen MR) is 89.6 cm³/mol. The summed E-state index contributed by atoms with van der Waals surface area (Å²) < 4.78 is 1.10. The summed E-state index contributed by atoms with van der Waals surface area (Å²) >= 11 is 1.65. The summed E-state index contributed by atoms with van der Waals surface area (Å²) in [5.41, 5.74) is 0.522. The predicted octanol–water partition coefficient (Wildman–Crippen LogP) is 2.16. The van der Waals surface area contributed by atoms with Crippen molar-refractivity contribution in [2.24, 2.45) is 5.92 Å². The molecule has 0 unspecified atom stereocenters. The lowest BCUT2D eigenvalue weighted by Crippen LogP contribution is -2.57. The van der Waals surface area contributed by atoms with Gasteiger partial charge in [0.05, 0.1) is 5.00 Å². The Labute approximate surface area is 133 Å². The Morgan fingerprint density at radius 1 is 1.36 bits per heavy atom. The first-order valence-corrected chi connectivity index (χ1v) is 8.65. The fraction of sp³-hybridized carbons (Fsp3) is 0.500. The summed E-state index contributed by atoms with van der Waals surface area (Å²) in [4.78, 5) is 19.3. The third kappa shape index (κ3) is 2.46. The van der Waals surface area contributed by atoms with Crippen LogP contribution in [0, 0.1) is 5.92 Å². The minimum absolute atomic E-state index is 0.0416. The third-order valence-electron chi connectivity index (χ3n) is 4.85. The normalized spacial score (nSPS) is 27.0. The SMILES string of the molecule is CNc1cc2cnc(C(=O)N[C@H]3CN4CCC3CC4)cc2s1. The summed E-state index contributed by atoms with van der Waals surface area (Å²) in [5, 5.41) is 8.50. The van der Waals surface area contributed by atoms with Crippen molar-refractivity contribution in [2.75, 3.05) is 32.0 Å². The molecule has 116 valence electrons. The summed E-state index contributed by atoms with van der Waals surface area (Å²) in [5.74, 6) is 0.593. The van der Waals surface area contributed by atoms with Gasteiger partial charge in [-0.05, 0) is 44.0 Å². The van der Waals surface area contributed by atoms with E-state index in [1.165, 1.54) is 25.9 Å². The molecule has 3 aliphatic heterocycles. The molecule has 0 aliphatic carbocycles. The number of rotatable bonds is 3. The zero-order chi connectivity index (χ0) is 15.1. The van der Waals surface area contributed by atoms with E-state index >= 15 is 0 Å². The van der Waals surface area contributed by atoms with Crippen LogP contribution in [0.15, 0.2) is 18.3 Å². The first kappa shape index (κ1) is 14.0. The van der Waals surface area contributed by atoms with Crippen molar-refractivity contribution in [3.05, 3.63) is 24.0 Å². The molecule has 2 N–H and O–H groups in total. The van der Waals surface area contributed by atoms with Crippen molar-refractivity contribution in [1.82, 2.24) is 15.2 Å². The Kier molecular flexibility index (Phi) is 3.50. The molecule has 2 bridgehead atoms. The van der Waals surface area contributed by atoms with E-state index in [-0.39, 0.29) is 11.9 Å². The number of carbonyl (C=O) groups is 1. The number of piperidine rings is 3. The molecule has 5 heterocycles. The Bertz CT molecular complexity index is 705. The van der Waals surface area contributed by atoms with Crippen LogP contribution in [-0.4, -0.2) is 48.5 Å². The number of nitrogens with one attached hydrogen (secondary N) is 2. The van der Waals surface area contributed by atoms with Gasteiger partial charge in [-0.3, -0.25) is 9.78 Å². The largest absolute Gasteiger partial charge is 0.380 e. The minimum atomic E-state index is -0.0416. The lowest BCUT2D eigenvalue weighted by Gasteiger charge is -2.44. The molecule has 0 spiro atoms. The summed E-state index contributed by atoms with van der Waals surface area (Å²) in [6.45, 7) is 3.36. The third-order valence-corrected chi connectivity index (χ3v) is 5.97. The van der Waals surface area contributed by atoms with E-state index in [0.717, 1.165) is 21.6 Å². The van der Waals surface area contributed by atoms with Gasteiger partial charge < -0.3 is 15.5 Å². The maximum atomic E-state index is 12.5. The van der Waals surface area contributed by atoms with Crippen LogP contribution in [0.2, 0.25) is 0 Å². The summed E-state index contributed by atoms with van der Waals surface area (Å²) in [6.07, 6.45) is 4.19. The van der Waals surface area contributed by atoms with Crippen molar-refractivity contribution in [3.63, 3.8) is 0 Å². The summed E-state index contributed by atoms with van der Waals surface area (Å²) in [6, 6.07) is 4.24. The maximum Gasteiger partial charge on any atom is 0.270 e. The van der Waals surface area contributed by atoms with Crippen LogP contribution in [0.25, 0.3) is 10.1 Å². The topological polar surface area (TPSA) is 57.3 Å². The molecule has 2 aromatic rings. The van der Waals surface area contributed by atoms with Gasteiger partial charge in [-0.2, -0.15) is 0 Å². The Morgan fingerprint density at radius 2 is 2.18 bits per heavy atom. The van der Waals surface area contributed by atoms with Gasteiger partial charge in [0.1, 0.15) is 5.69 Å². The number of aromatic nitrogens is 1. The van der Waals surface area contributed by atoms with Gasteiger partial charge in [0.2, 0.25) is 0 Å². The maximum absolute atomic E-state index is 12.5. The van der Waals surface area contributed by atoms with Crippen LogP contribution in [0.5, 0.6) is 0 Å². The number of thiophene rings is 1. The first-order valence-electron chi connectivity index (χ1n) is 7.83. The van der Waals surface area contributed by atoms with Crippen LogP contribution in [0.3, 0.4) is 0 Å². The molecule has 3 fully saturated rings. The zero-order valence-corrected chi connectivity index (χ0v) is 13.4. The zero-order valence-electron chi connectivity index (χ0n) is 12.6. The van der Waals surface area contributed by atoms with Crippen LogP contribution in [0.1, 0.15) is 23.3 Å². The molecule has 5 rings (SSSR count). The number of amides is 1. The summed E-state index contributed by atoms with van der Waals surface area (Å²) in [7, 11) is 1.90. The lowest BCUT2D eigenvalue weighted by atomic mass is 9.84. The fourth-order valence-electron chi connectivity index (χ4n) is 3.55. The molecular weight excluding hydrogens is 296 g/mol. The Morgan fingerprint density at radius 3 is 2.86 bits per heavy atom. The minimum Gasteiger partial charge on any atom is -0.380 e. The van der Waals surface area contributed by atoms with Gasteiger partial charge in [-0.15, -0.1) is 11.3 Å². The smallest absolute Gasteiger partial charge is 0.270 e. The Balaban J connectivity index is 1.52. The molecule has 22 heavy (non-hydrogen) atoms. The molecule has 6 heteroatoms. The molecule has 0 radical (unpaired) electrons. The van der Waals surface area contributed by atoms with Gasteiger partial charge in [0.25, 0.3) is 5.91 Å². The second-order valence-corrected chi connectivity index (χ2v) is 7.27. The second-order valence-electron chi connectivity index (χ2n) is 6.19. The number of hydrogen-bond donors (Lipinski definition) is 2. The highest BCUT2D eigenvalue weighted by Gasteiger charge is 2.35. The lowest BCUT2D eigenvalue weighted by molar-refractivity contribution is 0.0618. The molecule has 3 saturated heterocycles. The fourth-order valence-corrected chi connectivity index (χ4v) is 4.48. The molecule has 3 aliphatic rings. The van der Waals surface area contributed by atoms with Gasteiger partial charge in [-0.25, -0.2) is 0 Å². The molecule has 1 atom stereocenters. The van der Waals surface area contributed by atoms with E-state index in [4.69, 9.17) is 0 Å². The van der Waals surface area contributed by atoms with Gasteiger partial charge in [0, 0.05) is 35.9 Å². The number of anilines is 1. The van der Waals surface area contributed by atoms with E-state index < -0.39 is 0 Å². The first-order chi connectivity index (χ1) is 10.7. The van der Waals surface area contributed by atoms with E-state index in [2.05, 4.69) is 26.6 Å². The second kappa shape index (κ2) is 5.52. The van der Waals surface area contributed by atoms with Crippen LogP contribution >= 0.6 is 11.3 Å². The number of hydrogen-bond acceptors (Lipinski definition) is 5. The average Bonchev–Trinajstić information content (AvgIpc) is 2.98. The van der Waals surface area contributed by atoms with E-state index in [1.807, 2.05) is 13.1 Å². The number of fused-ring (bicyclic) bond motifs is 4. The van der Waals surface area contributed by atoms with Crippen LogP contribution in [0.4, 0.5) is 5.00 Å². The standard InChI is InChI=1S/C16H20N4OS/c1-17-15-6-11-8-18-12(7-14(11)22-15)16(21)19-13-9-20-4-2-10(13)3-5-20/h6-8,10,13,17H,2-5,9H2,1H3,(H,19,21)/t13-/m0/s1. The molecular formula is C16H20N4OS. The van der Waals surface area contributed by atoms with E-state index in [0.29, 0.717) is 11.6 Å².